The third-order valence-electron chi connectivity index (χ3n) is 4.20. The Bertz CT molecular complexity index is 684. The third-order valence-corrected chi connectivity index (χ3v) is 4.20. The van der Waals surface area contributed by atoms with Crippen LogP contribution in [0.15, 0.2) is 42.6 Å². The van der Waals surface area contributed by atoms with Crippen molar-refractivity contribution in [3.05, 3.63) is 48.2 Å². The van der Waals surface area contributed by atoms with Crippen LogP contribution in [0.3, 0.4) is 0 Å². The first kappa shape index (κ1) is 17.6. The Morgan fingerprint density at radius 3 is 2.88 bits per heavy atom. The monoisotopic (exact) mass is 342 g/mol. The number of benzene rings is 1. The van der Waals surface area contributed by atoms with Crippen LogP contribution in [0.4, 0.5) is 5.82 Å². The number of morpholine rings is 1. The minimum Gasteiger partial charge on any atom is -0.366 e. The molecule has 1 fully saturated rings. The van der Waals surface area contributed by atoms with Crippen molar-refractivity contribution in [1.82, 2.24) is 14.7 Å². The van der Waals surface area contributed by atoms with Gasteiger partial charge in [0.1, 0.15) is 11.9 Å². The van der Waals surface area contributed by atoms with Gasteiger partial charge in [0.2, 0.25) is 0 Å². The lowest BCUT2D eigenvalue weighted by Crippen LogP contribution is -2.47. The van der Waals surface area contributed by atoms with Crippen molar-refractivity contribution in [3.8, 4) is 0 Å². The zero-order valence-electron chi connectivity index (χ0n) is 14.9. The van der Waals surface area contributed by atoms with Gasteiger partial charge in [0, 0.05) is 32.2 Å². The fraction of sp³-hybridized carbons (Fsp3) is 0.474. The van der Waals surface area contributed by atoms with E-state index in [9.17, 15) is 4.79 Å². The topological polar surface area (TPSA) is 59.4 Å². The second kappa shape index (κ2) is 8.27. The van der Waals surface area contributed by atoms with E-state index in [2.05, 4.69) is 41.3 Å². The minimum atomic E-state index is -0.458. The summed E-state index contributed by atoms with van der Waals surface area (Å²) in [5, 5.41) is 7.24. The number of carbonyl (C=O) groups is 1. The first-order valence-electron chi connectivity index (χ1n) is 8.82. The molecule has 3 rings (SSSR count). The van der Waals surface area contributed by atoms with E-state index in [4.69, 9.17) is 4.74 Å². The number of anilines is 1. The molecule has 134 valence electrons. The highest BCUT2D eigenvalue weighted by molar-refractivity contribution is 5.93. The van der Waals surface area contributed by atoms with Crippen LogP contribution in [0.5, 0.6) is 0 Å². The first-order chi connectivity index (χ1) is 12.1. The van der Waals surface area contributed by atoms with Crippen LogP contribution < -0.4 is 5.32 Å². The highest BCUT2D eigenvalue weighted by Gasteiger charge is 2.27. The quantitative estimate of drug-likeness (QED) is 0.876. The molecule has 1 atom stereocenters. The maximum Gasteiger partial charge on any atom is 0.255 e. The second-order valence-electron chi connectivity index (χ2n) is 6.86. The summed E-state index contributed by atoms with van der Waals surface area (Å²) in [6, 6.07) is 12.1. The van der Waals surface area contributed by atoms with Gasteiger partial charge in [0.05, 0.1) is 12.8 Å². The molecule has 2 aromatic rings. The number of nitrogens with zero attached hydrogens (tertiary/aromatic N) is 3. The number of carbonyl (C=O) groups excluding carboxylic acids is 1. The van der Waals surface area contributed by atoms with Crippen molar-refractivity contribution >= 4 is 11.7 Å². The standard InChI is InChI=1S/C19H26N4O2/c1-15(2)12-23-18(8-9-20-23)21-19(24)17-14-22(10-11-25-17)13-16-6-4-3-5-7-16/h3-9,15,17H,10-14H2,1-2H3,(H,21,24)/t17-/m1/s1. The van der Waals surface area contributed by atoms with E-state index >= 15 is 0 Å². The molecule has 0 aliphatic carbocycles. The van der Waals surface area contributed by atoms with Gasteiger partial charge >= 0.3 is 0 Å². The van der Waals surface area contributed by atoms with E-state index in [0.717, 1.165) is 25.5 Å². The van der Waals surface area contributed by atoms with E-state index < -0.39 is 6.10 Å². The van der Waals surface area contributed by atoms with Crippen molar-refractivity contribution < 1.29 is 9.53 Å². The lowest BCUT2D eigenvalue weighted by molar-refractivity contribution is -0.133. The maximum atomic E-state index is 12.6. The normalized spacial score (nSPS) is 18.4. The van der Waals surface area contributed by atoms with Crippen molar-refractivity contribution in [3.63, 3.8) is 0 Å². The fourth-order valence-corrected chi connectivity index (χ4v) is 2.98. The molecule has 6 nitrogen and oxygen atoms in total. The van der Waals surface area contributed by atoms with Crippen molar-refractivity contribution in [1.29, 1.82) is 0 Å². The molecular formula is C19H26N4O2. The van der Waals surface area contributed by atoms with Crippen molar-refractivity contribution in [2.24, 2.45) is 5.92 Å². The van der Waals surface area contributed by atoms with Gasteiger partial charge in [-0.3, -0.25) is 9.69 Å². The molecule has 2 heterocycles. The Morgan fingerprint density at radius 1 is 1.32 bits per heavy atom. The molecule has 1 aliphatic rings. The second-order valence-corrected chi connectivity index (χ2v) is 6.86. The minimum absolute atomic E-state index is 0.108. The van der Waals surface area contributed by atoms with Crippen LogP contribution in [0.2, 0.25) is 0 Å². The predicted octanol–water partition coefficient (Wildman–Crippen LogP) is 2.38. The van der Waals surface area contributed by atoms with E-state index in [0.29, 0.717) is 19.1 Å². The smallest absolute Gasteiger partial charge is 0.255 e. The average Bonchev–Trinajstić information content (AvgIpc) is 3.02. The zero-order valence-corrected chi connectivity index (χ0v) is 14.9. The number of rotatable bonds is 6. The zero-order chi connectivity index (χ0) is 17.6. The van der Waals surface area contributed by atoms with Crippen LogP contribution in [-0.2, 0) is 22.6 Å². The molecule has 0 bridgehead atoms. The highest BCUT2D eigenvalue weighted by atomic mass is 16.5. The Balaban J connectivity index is 1.58. The molecule has 1 N–H and O–H groups in total. The van der Waals surface area contributed by atoms with Gasteiger partial charge in [-0.05, 0) is 11.5 Å². The molecule has 1 aromatic heterocycles. The van der Waals surface area contributed by atoms with Crippen LogP contribution in [0.1, 0.15) is 19.4 Å². The van der Waals surface area contributed by atoms with Gasteiger partial charge in [-0.2, -0.15) is 5.10 Å². The van der Waals surface area contributed by atoms with Crippen molar-refractivity contribution in [2.45, 2.75) is 33.0 Å². The largest absolute Gasteiger partial charge is 0.366 e. The van der Waals surface area contributed by atoms with Gasteiger partial charge < -0.3 is 10.1 Å². The summed E-state index contributed by atoms with van der Waals surface area (Å²) >= 11 is 0. The number of aromatic nitrogens is 2. The summed E-state index contributed by atoms with van der Waals surface area (Å²) in [4.78, 5) is 14.9. The number of hydrogen-bond acceptors (Lipinski definition) is 4. The summed E-state index contributed by atoms with van der Waals surface area (Å²) in [5.74, 6) is 1.08. The molecule has 1 saturated heterocycles. The van der Waals surface area contributed by atoms with Gasteiger partial charge in [0.15, 0.2) is 0 Å². The Labute approximate surface area is 148 Å². The number of ether oxygens (including phenoxy) is 1. The van der Waals surface area contributed by atoms with E-state index in [1.807, 2.05) is 28.9 Å². The Kier molecular flexibility index (Phi) is 5.83. The molecule has 0 unspecified atom stereocenters. The van der Waals surface area contributed by atoms with E-state index in [1.54, 1.807) is 6.20 Å². The molecule has 1 amide bonds. The lowest BCUT2D eigenvalue weighted by atomic mass is 10.2. The SMILES string of the molecule is CC(C)Cn1nccc1NC(=O)[C@H]1CN(Cc2ccccc2)CCO1. The molecule has 25 heavy (non-hydrogen) atoms. The number of amides is 1. The van der Waals surface area contributed by atoms with E-state index in [1.165, 1.54) is 5.56 Å². The Hall–Kier alpha value is -2.18. The molecule has 6 heteroatoms. The molecule has 0 spiro atoms. The highest BCUT2D eigenvalue weighted by Crippen LogP contribution is 2.14. The summed E-state index contributed by atoms with van der Waals surface area (Å²) in [7, 11) is 0. The van der Waals surface area contributed by atoms with Gasteiger partial charge in [-0.15, -0.1) is 0 Å². The fourth-order valence-electron chi connectivity index (χ4n) is 2.98. The predicted molar refractivity (Wildman–Crippen MR) is 97.2 cm³/mol. The summed E-state index contributed by atoms with van der Waals surface area (Å²) in [6.07, 6.45) is 1.25. The van der Waals surface area contributed by atoms with Crippen LogP contribution in [-0.4, -0.2) is 46.4 Å². The van der Waals surface area contributed by atoms with Crippen LogP contribution in [0, 0.1) is 5.92 Å². The van der Waals surface area contributed by atoms with Crippen molar-refractivity contribution in [2.75, 3.05) is 25.0 Å². The molecule has 1 aromatic carbocycles. The molecule has 0 radical (unpaired) electrons. The third kappa shape index (κ3) is 4.90. The van der Waals surface area contributed by atoms with Crippen LogP contribution in [0.25, 0.3) is 0 Å². The van der Waals surface area contributed by atoms with Gasteiger partial charge in [-0.1, -0.05) is 44.2 Å². The Morgan fingerprint density at radius 2 is 2.12 bits per heavy atom. The number of hydrogen-bond donors (Lipinski definition) is 1. The summed E-state index contributed by atoms with van der Waals surface area (Å²) < 4.78 is 7.52. The molecular weight excluding hydrogens is 316 g/mol. The average molecular weight is 342 g/mol. The number of nitrogens with one attached hydrogen (secondary N) is 1. The maximum absolute atomic E-state index is 12.6. The molecule has 0 saturated carbocycles. The first-order valence-corrected chi connectivity index (χ1v) is 8.82. The van der Waals surface area contributed by atoms with Gasteiger partial charge in [0.25, 0.3) is 5.91 Å². The summed E-state index contributed by atoms with van der Waals surface area (Å²) in [6.45, 7) is 7.85. The van der Waals surface area contributed by atoms with Crippen LogP contribution >= 0.6 is 0 Å². The van der Waals surface area contributed by atoms with Gasteiger partial charge in [-0.25, -0.2) is 4.68 Å². The van der Waals surface area contributed by atoms with E-state index in [-0.39, 0.29) is 5.91 Å². The molecule has 1 aliphatic heterocycles. The summed E-state index contributed by atoms with van der Waals surface area (Å²) in [5.41, 5.74) is 1.25. The lowest BCUT2D eigenvalue weighted by Gasteiger charge is -2.32.